The van der Waals surface area contributed by atoms with Gasteiger partial charge >= 0.3 is 0 Å². The molecule has 0 amide bonds. The number of unbranched alkanes of at least 4 members (excludes halogenated alkanes) is 4. The molecular formula is C20H28N2O. The first-order valence-electron chi connectivity index (χ1n) is 8.75. The van der Waals surface area contributed by atoms with E-state index in [1.165, 1.54) is 37.7 Å². The maximum absolute atomic E-state index is 12.5. The quantitative estimate of drug-likeness (QED) is 0.650. The Balaban J connectivity index is 2.00. The molecule has 0 aliphatic heterocycles. The molecule has 1 aromatic heterocycles. The van der Waals surface area contributed by atoms with E-state index in [1.54, 1.807) is 4.68 Å². The lowest BCUT2D eigenvalue weighted by Crippen LogP contribution is -2.16. The molecule has 0 saturated heterocycles. The van der Waals surface area contributed by atoms with Crippen molar-refractivity contribution in [1.82, 2.24) is 9.78 Å². The van der Waals surface area contributed by atoms with E-state index in [4.69, 9.17) is 0 Å². The molecule has 0 fully saturated rings. The number of benzene rings is 1. The molecule has 0 radical (unpaired) electrons. The summed E-state index contributed by atoms with van der Waals surface area (Å²) in [5, 5.41) is 4.49. The standard InChI is InChI=1S/C20H28N2O/c1-4-5-6-7-11-14-19-16(2)21-22(17(19)3)20(23)15-18-12-9-8-10-13-18/h8-10,12-13H,4-7,11,14-15H2,1-3H3. The summed E-state index contributed by atoms with van der Waals surface area (Å²) in [6, 6.07) is 9.86. The van der Waals surface area contributed by atoms with Crippen molar-refractivity contribution in [2.24, 2.45) is 0 Å². The van der Waals surface area contributed by atoms with Crippen LogP contribution in [0.3, 0.4) is 0 Å². The van der Waals surface area contributed by atoms with Crippen molar-refractivity contribution in [2.45, 2.75) is 65.7 Å². The predicted molar refractivity (Wildman–Crippen MR) is 94.9 cm³/mol. The van der Waals surface area contributed by atoms with Crippen molar-refractivity contribution >= 4 is 5.91 Å². The van der Waals surface area contributed by atoms with Crippen LogP contribution in [0, 0.1) is 13.8 Å². The average molecular weight is 312 g/mol. The molecule has 3 nitrogen and oxygen atoms in total. The topological polar surface area (TPSA) is 34.9 Å². The summed E-state index contributed by atoms with van der Waals surface area (Å²) in [4.78, 5) is 12.5. The molecular weight excluding hydrogens is 284 g/mol. The van der Waals surface area contributed by atoms with Gasteiger partial charge in [-0.05, 0) is 37.8 Å². The maximum Gasteiger partial charge on any atom is 0.251 e. The summed E-state index contributed by atoms with van der Waals surface area (Å²) >= 11 is 0. The van der Waals surface area contributed by atoms with Gasteiger partial charge in [-0.3, -0.25) is 4.79 Å². The van der Waals surface area contributed by atoms with E-state index in [9.17, 15) is 4.79 Å². The lowest BCUT2D eigenvalue weighted by atomic mass is 10.0. The summed E-state index contributed by atoms with van der Waals surface area (Å²) in [5.74, 6) is 0.0500. The maximum atomic E-state index is 12.5. The molecule has 2 rings (SSSR count). The van der Waals surface area contributed by atoms with Crippen LogP contribution in [0.15, 0.2) is 30.3 Å². The zero-order valence-corrected chi connectivity index (χ0v) is 14.6. The van der Waals surface area contributed by atoms with Crippen molar-refractivity contribution in [3.63, 3.8) is 0 Å². The normalized spacial score (nSPS) is 10.9. The molecule has 23 heavy (non-hydrogen) atoms. The highest BCUT2D eigenvalue weighted by Gasteiger charge is 2.16. The van der Waals surface area contributed by atoms with E-state index in [2.05, 4.69) is 12.0 Å². The monoisotopic (exact) mass is 312 g/mol. The van der Waals surface area contributed by atoms with Crippen LogP contribution in [0.5, 0.6) is 0 Å². The highest BCUT2D eigenvalue weighted by Crippen LogP contribution is 2.17. The second-order valence-corrected chi connectivity index (χ2v) is 6.28. The van der Waals surface area contributed by atoms with Gasteiger partial charge in [-0.1, -0.05) is 62.9 Å². The Hall–Kier alpha value is -1.90. The van der Waals surface area contributed by atoms with Crippen molar-refractivity contribution in [3.8, 4) is 0 Å². The number of hydrogen-bond acceptors (Lipinski definition) is 2. The Kier molecular flexibility index (Phi) is 6.57. The van der Waals surface area contributed by atoms with E-state index in [0.717, 1.165) is 23.4 Å². The van der Waals surface area contributed by atoms with E-state index in [0.29, 0.717) is 6.42 Å². The van der Waals surface area contributed by atoms with Gasteiger partial charge in [-0.25, -0.2) is 4.68 Å². The lowest BCUT2D eigenvalue weighted by Gasteiger charge is -2.05. The molecule has 0 atom stereocenters. The molecule has 3 heteroatoms. The van der Waals surface area contributed by atoms with Gasteiger partial charge in [0.05, 0.1) is 12.1 Å². The molecule has 1 aromatic carbocycles. The highest BCUT2D eigenvalue weighted by atomic mass is 16.2. The third kappa shape index (κ3) is 4.78. The second-order valence-electron chi connectivity index (χ2n) is 6.28. The van der Waals surface area contributed by atoms with Gasteiger partial charge in [-0.2, -0.15) is 5.10 Å². The summed E-state index contributed by atoms with van der Waals surface area (Å²) in [6.45, 7) is 6.27. The van der Waals surface area contributed by atoms with Crippen LogP contribution in [-0.2, 0) is 12.8 Å². The predicted octanol–water partition coefficient (Wildman–Crippen LogP) is 4.90. The van der Waals surface area contributed by atoms with Crippen LogP contribution < -0.4 is 0 Å². The van der Waals surface area contributed by atoms with Crippen LogP contribution in [-0.4, -0.2) is 15.7 Å². The van der Waals surface area contributed by atoms with Crippen molar-refractivity contribution in [3.05, 3.63) is 52.8 Å². The van der Waals surface area contributed by atoms with Gasteiger partial charge in [-0.15, -0.1) is 0 Å². The molecule has 2 aromatic rings. The zero-order chi connectivity index (χ0) is 16.7. The van der Waals surface area contributed by atoms with Gasteiger partial charge < -0.3 is 0 Å². The van der Waals surface area contributed by atoms with Crippen LogP contribution in [0.2, 0.25) is 0 Å². The Morgan fingerprint density at radius 1 is 1.04 bits per heavy atom. The Morgan fingerprint density at radius 3 is 2.43 bits per heavy atom. The van der Waals surface area contributed by atoms with Crippen molar-refractivity contribution in [1.29, 1.82) is 0 Å². The van der Waals surface area contributed by atoms with Crippen molar-refractivity contribution < 1.29 is 4.79 Å². The fraction of sp³-hybridized carbons (Fsp3) is 0.500. The average Bonchev–Trinajstić information content (AvgIpc) is 2.83. The van der Waals surface area contributed by atoms with Gasteiger partial charge in [0.25, 0.3) is 5.91 Å². The zero-order valence-electron chi connectivity index (χ0n) is 14.6. The summed E-state index contributed by atoms with van der Waals surface area (Å²) in [5.41, 5.74) is 4.30. The SMILES string of the molecule is CCCCCCCc1c(C)nn(C(=O)Cc2ccccc2)c1C. The van der Waals surface area contributed by atoms with Crippen LogP contribution in [0.4, 0.5) is 0 Å². The molecule has 0 spiro atoms. The highest BCUT2D eigenvalue weighted by molar-refractivity contribution is 5.81. The van der Waals surface area contributed by atoms with Gasteiger partial charge in [0.15, 0.2) is 0 Å². The van der Waals surface area contributed by atoms with Gasteiger partial charge in [0, 0.05) is 5.69 Å². The number of aryl methyl sites for hydroxylation is 1. The first kappa shape index (κ1) is 17.5. The Morgan fingerprint density at radius 2 is 1.74 bits per heavy atom. The fourth-order valence-corrected chi connectivity index (χ4v) is 3.03. The number of hydrogen-bond donors (Lipinski definition) is 0. The van der Waals surface area contributed by atoms with E-state index in [1.807, 2.05) is 44.2 Å². The summed E-state index contributed by atoms with van der Waals surface area (Å²) in [7, 11) is 0. The van der Waals surface area contributed by atoms with Gasteiger partial charge in [0.1, 0.15) is 0 Å². The van der Waals surface area contributed by atoms with Crippen molar-refractivity contribution in [2.75, 3.05) is 0 Å². The van der Waals surface area contributed by atoms with Gasteiger partial charge in [0.2, 0.25) is 0 Å². The molecule has 0 bridgehead atoms. The molecule has 0 unspecified atom stereocenters. The first-order valence-corrected chi connectivity index (χ1v) is 8.75. The third-order valence-electron chi connectivity index (χ3n) is 4.41. The van der Waals surface area contributed by atoms with Crippen LogP contribution >= 0.6 is 0 Å². The third-order valence-corrected chi connectivity index (χ3v) is 4.41. The second kappa shape index (κ2) is 8.66. The number of aromatic nitrogens is 2. The van der Waals surface area contributed by atoms with Crippen LogP contribution in [0.1, 0.15) is 66.3 Å². The smallest absolute Gasteiger partial charge is 0.251 e. The molecule has 0 saturated carbocycles. The molecule has 1 heterocycles. The number of carbonyl (C=O) groups is 1. The minimum atomic E-state index is 0.0500. The minimum Gasteiger partial charge on any atom is -0.272 e. The van der Waals surface area contributed by atoms with E-state index >= 15 is 0 Å². The minimum absolute atomic E-state index is 0.0500. The Labute approximate surface area is 139 Å². The fourth-order valence-electron chi connectivity index (χ4n) is 3.03. The van der Waals surface area contributed by atoms with Crippen LogP contribution in [0.25, 0.3) is 0 Å². The molecule has 124 valence electrons. The summed E-state index contributed by atoms with van der Waals surface area (Å²) < 4.78 is 1.60. The number of rotatable bonds is 8. The molecule has 0 aliphatic rings. The van der Waals surface area contributed by atoms with E-state index in [-0.39, 0.29) is 5.91 Å². The number of carbonyl (C=O) groups excluding carboxylic acids is 1. The Bertz CT molecular complexity index is 629. The molecule has 0 aliphatic carbocycles. The largest absolute Gasteiger partial charge is 0.272 e. The summed E-state index contributed by atoms with van der Waals surface area (Å²) in [6.07, 6.45) is 7.75. The number of nitrogens with zero attached hydrogens (tertiary/aromatic N) is 2. The first-order chi connectivity index (χ1) is 11.1. The lowest BCUT2D eigenvalue weighted by molar-refractivity contribution is 0.0895. The molecule has 0 N–H and O–H groups in total. The van der Waals surface area contributed by atoms with E-state index < -0.39 is 0 Å².